The van der Waals surface area contributed by atoms with Gasteiger partial charge in [0.2, 0.25) is 11.8 Å². The van der Waals surface area contributed by atoms with Crippen molar-refractivity contribution < 1.29 is 14.3 Å². The molecule has 0 saturated heterocycles. The summed E-state index contributed by atoms with van der Waals surface area (Å²) in [6, 6.07) is 26.9. The number of amides is 2. The predicted molar refractivity (Wildman–Crippen MR) is 128 cm³/mol. The highest BCUT2D eigenvalue weighted by atomic mass is 16.5. The number of nitrogens with zero attached hydrogens (tertiary/aromatic N) is 2. The molecular formula is C27H27N3O3. The summed E-state index contributed by atoms with van der Waals surface area (Å²) >= 11 is 0. The number of benzene rings is 3. The summed E-state index contributed by atoms with van der Waals surface area (Å²) in [5.41, 5.74) is 4.08. The Morgan fingerprint density at radius 2 is 1.64 bits per heavy atom. The largest absolute Gasteiger partial charge is 0.466 e. The van der Waals surface area contributed by atoms with Crippen molar-refractivity contribution in [1.82, 2.24) is 10.2 Å². The summed E-state index contributed by atoms with van der Waals surface area (Å²) < 4.78 is 6.11. The lowest BCUT2D eigenvalue weighted by Gasteiger charge is -2.21. The van der Waals surface area contributed by atoms with Crippen LogP contribution in [0.1, 0.15) is 28.4 Å². The van der Waals surface area contributed by atoms with E-state index in [4.69, 9.17) is 4.74 Å². The Morgan fingerprint density at radius 1 is 1.00 bits per heavy atom. The van der Waals surface area contributed by atoms with E-state index in [0.29, 0.717) is 12.4 Å². The smallest absolute Gasteiger partial charge is 0.252 e. The van der Waals surface area contributed by atoms with Crippen molar-refractivity contribution in [1.29, 1.82) is 0 Å². The molecule has 2 aliphatic heterocycles. The first-order valence-electron chi connectivity index (χ1n) is 11.0. The summed E-state index contributed by atoms with van der Waals surface area (Å²) in [5, 5.41) is 2.57. The first-order chi connectivity index (χ1) is 16.1. The molecule has 2 amide bonds. The van der Waals surface area contributed by atoms with Gasteiger partial charge in [0.1, 0.15) is 0 Å². The number of hydrogen-bond acceptors (Lipinski definition) is 4. The van der Waals surface area contributed by atoms with Gasteiger partial charge in [0.05, 0.1) is 6.54 Å². The fraction of sp³-hybridized carbons (Fsp3) is 0.222. The fourth-order valence-electron chi connectivity index (χ4n) is 3.90. The molecule has 3 aromatic rings. The number of nitrogens with one attached hydrogen (secondary N) is 1. The average molecular weight is 442 g/mol. The Hall–Kier alpha value is -3.93. The normalized spacial score (nSPS) is 18.5. The van der Waals surface area contributed by atoms with E-state index < -0.39 is 12.1 Å². The monoisotopic (exact) mass is 441 g/mol. The molecule has 33 heavy (non-hydrogen) atoms. The molecule has 0 bridgehead atoms. The number of rotatable bonds is 3. The van der Waals surface area contributed by atoms with Gasteiger partial charge in [-0.3, -0.25) is 9.59 Å². The van der Waals surface area contributed by atoms with Gasteiger partial charge in [-0.25, -0.2) is 4.99 Å². The van der Waals surface area contributed by atoms with Gasteiger partial charge in [-0.05, 0) is 24.6 Å². The molecule has 1 N–H and O–H groups in total. The van der Waals surface area contributed by atoms with Crippen molar-refractivity contribution >= 4 is 17.7 Å². The maximum atomic E-state index is 13.1. The van der Waals surface area contributed by atoms with Crippen LogP contribution < -0.4 is 5.32 Å². The number of carbonyl (C=O) groups excluding carboxylic acids is 2. The molecule has 2 atom stereocenters. The zero-order valence-corrected chi connectivity index (χ0v) is 18.8. The number of aryl methyl sites for hydroxylation is 1. The molecule has 0 aromatic heterocycles. The Balaban J connectivity index is 0.000000318. The van der Waals surface area contributed by atoms with Crippen LogP contribution in [0.3, 0.4) is 0 Å². The quantitative estimate of drug-likeness (QED) is 0.674. The second kappa shape index (κ2) is 10.1. The molecule has 0 radical (unpaired) electrons. The maximum absolute atomic E-state index is 13.1. The lowest BCUT2D eigenvalue weighted by Crippen LogP contribution is -2.42. The summed E-state index contributed by atoms with van der Waals surface area (Å²) in [6.07, 6.45) is -0.469. The van der Waals surface area contributed by atoms with Gasteiger partial charge in [-0.1, -0.05) is 78.4 Å². The highest BCUT2D eigenvalue weighted by Crippen LogP contribution is 2.37. The van der Waals surface area contributed by atoms with E-state index in [1.54, 1.807) is 11.9 Å². The SMILES string of the molecule is CNC(=O)CN1Cc2ccccc2C2OC(c3ccccc3)=NC2C1=O.Cc1ccccc1. The summed E-state index contributed by atoms with van der Waals surface area (Å²) in [6.45, 7) is 2.46. The third kappa shape index (κ3) is 5.12. The van der Waals surface area contributed by atoms with Crippen molar-refractivity contribution in [2.45, 2.75) is 25.6 Å². The van der Waals surface area contributed by atoms with Gasteiger partial charge in [-0.15, -0.1) is 0 Å². The number of aliphatic imine (C=N–C) groups is 1. The van der Waals surface area contributed by atoms with Crippen molar-refractivity contribution in [3.8, 4) is 0 Å². The van der Waals surface area contributed by atoms with Crippen molar-refractivity contribution in [2.24, 2.45) is 4.99 Å². The van der Waals surface area contributed by atoms with Crippen LogP contribution in [-0.4, -0.2) is 42.2 Å². The fourth-order valence-corrected chi connectivity index (χ4v) is 3.90. The predicted octanol–water partition coefficient (Wildman–Crippen LogP) is 3.66. The molecule has 6 nitrogen and oxygen atoms in total. The molecule has 2 heterocycles. The Kier molecular flexibility index (Phi) is 6.83. The highest BCUT2D eigenvalue weighted by molar-refractivity contribution is 5.99. The number of carbonyl (C=O) groups is 2. The average Bonchev–Trinajstić information content (AvgIpc) is 3.26. The molecule has 2 unspecified atom stereocenters. The van der Waals surface area contributed by atoms with E-state index in [2.05, 4.69) is 29.4 Å². The molecule has 168 valence electrons. The number of hydrogen-bond donors (Lipinski definition) is 1. The Labute approximate surface area is 193 Å². The van der Waals surface area contributed by atoms with Crippen LogP contribution in [0.25, 0.3) is 0 Å². The van der Waals surface area contributed by atoms with Crippen LogP contribution in [-0.2, 0) is 20.9 Å². The van der Waals surface area contributed by atoms with E-state index in [1.165, 1.54) is 5.56 Å². The second-order valence-electron chi connectivity index (χ2n) is 8.00. The maximum Gasteiger partial charge on any atom is 0.252 e. The van der Waals surface area contributed by atoms with E-state index in [-0.39, 0.29) is 18.4 Å². The molecule has 0 spiro atoms. The third-order valence-corrected chi connectivity index (χ3v) is 5.64. The second-order valence-corrected chi connectivity index (χ2v) is 8.00. The van der Waals surface area contributed by atoms with Gasteiger partial charge in [-0.2, -0.15) is 0 Å². The lowest BCUT2D eigenvalue weighted by atomic mass is 9.99. The minimum absolute atomic E-state index is 0.00305. The van der Waals surface area contributed by atoms with Crippen molar-refractivity contribution in [2.75, 3.05) is 13.6 Å². The summed E-state index contributed by atoms with van der Waals surface area (Å²) in [7, 11) is 1.56. The molecule has 6 heteroatoms. The molecule has 5 rings (SSSR count). The standard InChI is InChI=1S/C20H19N3O3.C7H8/c1-21-16(24)12-23-11-14-9-5-6-10-15(14)18-17(20(23)25)22-19(26-18)13-7-3-2-4-8-13;1-7-5-3-2-4-6-7/h2-10,17-18H,11-12H2,1H3,(H,21,24);2-6H,1H3. The van der Waals surface area contributed by atoms with Crippen molar-refractivity contribution in [3.63, 3.8) is 0 Å². The van der Waals surface area contributed by atoms with Crippen LogP contribution in [0.5, 0.6) is 0 Å². The number of fused-ring (bicyclic) bond motifs is 3. The van der Waals surface area contributed by atoms with E-state index in [0.717, 1.165) is 16.7 Å². The van der Waals surface area contributed by atoms with Gasteiger partial charge < -0.3 is 15.0 Å². The van der Waals surface area contributed by atoms with Crippen molar-refractivity contribution in [3.05, 3.63) is 107 Å². The van der Waals surface area contributed by atoms with E-state index in [1.807, 2.05) is 72.8 Å². The van der Waals surface area contributed by atoms with Crippen LogP contribution in [0, 0.1) is 6.92 Å². The van der Waals surface area contributed by atoms with Gasteiger partial charge in [0.25, 0.3) is 5.91 Å². The molecule has 2 aliphatic rings. The molecule has 0 fully saturated rings. The topological polar surface area (TPSA) is 71.0 Å². The lowest BCUT2D eigenvalue weighted by molar-refractivity contribution is -0.138. The van der Waals surface area contributed by atoms with Gasteiger partial charge in [0.15, 0.2) is 12.1 Å². The third-order valence-electron chi connectivity index (χ3n) is 5.64. The minimum atomic E-state index is -0.682. The van der Waals surface area contributed by atoms with E-state index >= 15 is 0 Å². The number of ether oxygens (including phenoxy) is 1. The molecular weight excluding hydrogens is 414 g/mol. The highest BCUT2D eigenvalue weighted by Gasteiger charge is 2.43. The molecule has 0 aliphatic carbocycles. The molecule has 3 aromatic carbocycles. The number of likely N-dealkylation sites (N-methyl/N-ethyl adjacent to an activating group) is 1. The van der Waals surface area contributed by atoms with Crippen LogP contribution in [0.4, 0.5) is 0 Å². The summed E-state index contributed by atoms with van der Waals surface area (Å²) in [5.74, 6) is 0.0618. The van der Waals surface area contributed by atoms with Crippen LogP contribution >= 0.6 is 0 Å². The van der Waals surface area contributed by atoms with Crippen LogP contribution in [0.2, 0.25) is 0 Å². The first kappa shape index (κ1) is 22.3. The zero-order valence-electron chi connectivity index (χ0n) is 18.8. The van der Waals surface area contributed by atoms with Gasteiger partial charge >= 0.3 is 0 Å². The summed E-state index contributed by atoms with van der Waals surface area (Å²) in [4.78, 5) is 31.1. The zero-order chi connectivity index (χ0) is 23.2. The Morgan fingerprint density at radius 3 is 2.27 bits per heavy atom. The molecule has 0 saturated carbocycles. The first-order valence-corrected chi connectivity index (χ1v) is 11.0. The van der Waals surface area contributed by atoms with Gasteiger partial charge in [0, 0.05) is 24.7 Å². The van der Waals surface area contributed by atoms with Crippen LogP contribution in [0.15, 0.2) is 89.9 Å². The van der Waals surface area contributed by atoms with E-state index in [9.17, 15) is 9.59 Å². The Bertz CT molecular complexity index is 1150. The minimum Gasteiger partial charge on any atom is -0.466 e.